The van der Waals surface area contributed by atoms with E-state index in [9.17, 15) is 4.39 Å². The molecule has 94 valence electrons. The Morgan fingerprint density at radius 3 is 2.71 bits per heavy atom. The summed E-state index contributed by atoms with van der Waals surface area (Å²) in [5.41, 5.74) is 3.90. The molecule has 4 heteroatoms. The molecule has 0 saturated heterocycles. The molecule has 1 aromatic rings. The van der Waals surface area contributed by atoms with Gasteiger partial charge in [-0.3, -0.25) is 11.3 Å². The van der Waals surface area contributed by atoms with Crippen LogP contribution >= 0.6 is 15.9 Å². The van der Waals surface area contributed by atoms with Crippen LogP contribution in [-0.4, -0.2) is 0 Å². The fraction of sp³-hybridized carbons (Fsp3) is 0.538. The van der Waals surface area contributed by atoms with Crippen molar-refractivity contribution in [2.45, 2.75) is 38.1 Å². The molecule has 1 saturated carbocycles. The lowest BCUT2D eigenvalue weighted by Crippen LogP contribution is -2.29. The third-order valence-electron chi connectivity index (χ3n) is 3.59. The predicted octanol–water partition coefficient (Wildman–Crippen LogP) is 3.67. The predicted molar refractivity (Wildman–Crippen MR) is 70.7 cm³/mol. The van der Waals surface area contributed by atoms with Gasteiger partial charge in [-0.2, -0.15) is 0 Å². The topological polar surface area (TPSA) is 38.0 Å². The molecule has 0 aliphatic heterocycles. The highest BCUT2D eigenvalue weighted by atomic mass is 79.9. The molecule has 0 amide bonds. The normalized spacial score (nSPS) is 18.5. The zero-order valence-electron chi connectivity index (χ0n) is 9.76. The lowest BCUT2D eigenvalue weighted by Gasteiger charge is -2.20. The molecule has 2 rings (SSSR count). The fourth-order valence-electron chi connectivity index (χ4n) is 2.61. The van der Waals surface area contributed by atoms with Gasteiger partial charge in [0.1, 0.15) is 5.82 Å². The number of rotatable bonds is 4. The van der Waals surface area contributed by atoms with Gasteiger partial charge in [-0.25, -0.2) is 4.39 Å². The number of halogens is 2. The summed E-state index contributed by atoms with van der Waals surface area (Å²) < 4.78 is 13.7. The summed E-state index contributed by atoms with van der Waals surface area (Å²) in [4.78, 5) is 0. The molecule has 0 aromatic heterocycles. The Kier molecular flexibility index (Phi) is 4.54. The first-order chi connectivity index (χ1) is 8.20. The van der Waals surface area contributed by atoms with Gasteiger partial charge in [0.05, 0.1) is 4.47 Å². The number of hydrogen-bond acceptors (Lipinski definition) is 2. The van der Waals surface area contributed by atoms with Crippen molar-refractivity contribution in [1.29, 1.82) is 0 Å². The van der Waals surface area contributed by atoms with Crippen molar-refractivity contribution in [3.8, 4) is 0 Å². The Hall–Kier alpha value is -0.450. The first kappa shape index (κ1) is 13.0. The molecule has 1 fully saturated rings. The zero-order chi connectivity index (χ0) is 12.3. The van der Waals surface area contributed by atoms with Gasteiger partial charge in [-0.05, 0) is 46.0 Å². The van der Waals surface area contributed by atoms with Crippen molar-refractivity contribution in [3.05, 3.63) is 34.1 Å². The quantitative estimate of drug-likeness (QED) is 0.658. The molecule has 1 unspecified atom stereocenters. The van der Waals surface area contributed by atoms with Crippen LogP contribution in [0.15, 0.2) is 22.7 Å². The van der Waals surface area contributed by atoms with Crippen molar-refractivity contribution >= 4 is 15.9 Å². The molecule has 0 spiro atoms. The number of hydrogen-bond donors (Lipinski definition) is 2. The Morgan fingerprint density at radius 1 is 1.41 bits per heavy atom. The summed E-state index contributed by atoms with van der Waals surface area (Å²) in [5, 5.41) is 0. The second kappa shape index (κ2) is 5.94. The van der Waals surface area contributed by atoms with Crippen LogP contribution in [-0.2, 0) is 0 Å². The monoisotopic (exact) mass is 300 g/mol. The van der Waals surface area contributed by atoms with Gasteiger partial charge < -0.3 is 0 Å². The van der Waals surface area contributed by atoms with E-state index < -0.39 is 0 Å². The van der Waals surface area contributed by atoms with Crippen LogP contribution in [0.1, 0.15) is 43.7 Å². The highest BCUT2D eigenvalue weighted by Gasteiger charge is 2.21. The summed E-state index contributed by atoms with van der Waals surface area (Å²) in [5.74, 6) is 6.13. The van der Waals surface area contributed by atoms with Crippen LogP contribution in [0.3, 0.4) is 0 Å². The van der Waals surface area contributed by atoms with E-state index in [1.165, 1.54) is 31.7 Å². The Morgan fingerprint density at radius 2 is 2.12 bits per heavy atom. The molecule has 1 aliphatic carbocycles. The molecule has 1 aliphatic rings. The van der Waals surface area contributed by atoms with E-state index >= 15 is 0 Å². The Labute approximate surface area is 110 Å². The lowest BCUT2D eigenvalue weighted by molar-refractivity contribution is 0.399. The van der Waals surface area contributed by atoms with E-state index in [0.29, 0.717) is 4.47 Å². The van der Waals surface area contributed by atoms with E-state index in [1.54, 1.807) is 6.07 Å². The summed E-state index contributed by atoms with van der Waals surface area (Å²) in [7, 11) is 0. The first-order valence-electron chi connectivity index (χ1n) is 6.12. The SMILES string of the molecule is NNC(CC1CCCC1)c1ccc(F)c(Br)c1. The molecule has 3 N–H and O–H groups in total. The Balaban J connectivity index is 2.08. The Bertz CT molecular complexity index is 378. The molecule has 17 heavy (non-hydrogen) atoms. The largest absolute Gasteiger partial charge is 0.271 e. The van der Waals surface area contributed by atoms with Gasteiger partial charge in [0.2, 0.25) is 0 Å². The number of nitrogens with two attached hydrogens (primary N) is 1. The van der Waals surface area contributed by atoms with Crippen LogP contribution in [0.4, 0.5) is 4.39 Å². The van der Waals surface area contributed by atoms with Crippen LogP contribution < -0.4 is 11.3 Å². The molecule has 0 radical (unpaired) electrons. The van der Waals surface area contributed by atoms with Crippen molar-refractivity contribution in [1.82, 2.24) is 5.43 Å². The first-order valence-corrected chi connectivity index (χ1v) is 6.91. The molecular formula is C13H18BrFN2. The minimum absolute atomic E-state index is 0.120. The minimum Gasteiger partial charge on any atom is -0.271 e. The zero-order valence-corrected chi connectivity index (χ0v) is 11.3. The van der Waals surface area contributed by atoms with Gasteiger partial charge in [-0.15, -0.1) is 0 Å². The molecule has 0 heterocycles. The van der Waals surface area contributed by atoms with Crippen LogP contribution in [0.2, 0.25) is 0 Å². The van der Waals surface area contributed by atoms with E-state index in [-0.39, 0.29) is 11.9 Å². The number of hydrazine groups is 1. The van der Waals surface area contributed by atoms with Crippen LogP contribution in [0, 0.1) is 11.7 Å². The fourth-order valence-corrected chi connectivity index (χ4v) is 3.01. The highest BCUT2D eigenvalue weighted by Crippen LogP contribution is 2.33. The summed E-state index contributed by atoms with van der Waals surface area (Å²) in [6.45, 7) is 0. The molecule has 2 nitrogen and oxygen atoms in total. The van der Waals surface area contributed by atoms with Crippen molar-refractivity contribution in [2.24, 2.45) is 11.8 Å². The van der Waals surface area contributed by atoms with Gasteiger partial charge in [0.25, 0.3) is 0 Å². The second-order valence-corrected chi connectivity index (χ2v) is 5.63. The number of nitrogens with one attached hydrogen (secondary N) is 1. The van der Waals surface area contributed by atoms with E-state index in [1.807, 2.05) is 6.07 Å². The minimum atomic E-state index is -0.231. The third kappa shape index (κ3) is 3.27. The molecule has 1 aromatic carbocycles. The maximum Gasteiger partial charge on any atom is 0.137 e. The smallest absolute Gasteiger partial charge is 0.137 e. The molecular weight excluding hydrogens is 283 g/mol. The average Bonchev–Trinajstić information content (AvgIpc) is 2.82. The molecule has 0 bridgehead atoms. The number of benzene rings is 1. The van der Waals surface area contributed by atoms with E-state index in [0.717, 1.165) is 17.9 Å². The maximum atomic E-state index is 13.2. The van der Waals surface area contributed by atoms with E-state index in [4.69, 9.17) is 5.84 Å². The van der Waals surface area contributed by atoms with Crippen molar-refractivity contribution in [3.63, 3.8) is 0 Å². The third-order valence-corrected chi connectivity index (χ3v) is 4.20. The van der Waals surface area contributed by atoms with Crippen LogP contribution in [0.25, 0.3) is 0 Å². The lowest BCUT2D eigenvalue weighted by atomic mass is 9.94. The average molecular weight is 301 g/mol. The summed E-state index contributed by atoms with van der Waals surface area (Å²) >= 11 is 3.21. The summed E-state index contributed by atoms with van der Waals surface area (Å²) in [6.07, 6.45) is 6.28. The van der Waals surface area contributed by atoms with Gasteiger partial charge in [-0.1, -0.05) is 31.7 Å². The van der Waals surface area contributed by atoms with Crippen LogP contribution in [0.5, 0.6) is 0 Å². The summed E-state index contributed by atoms with van der Waals surface area (Å²) in [6, 6.07) is 5.22. The van der Waals surface area contributed by atoms with Gasteiger partial charge in [0, 0.05) is 6.04 Å². The van der Waals surface area contributed by atoms with Crippen molar-refractivity contribution < 1.29 is 4.39 Å². The van der Waals surface area contributed by atoms with Gasteiger partial charge in [0.15, 0.2) is 0 Å². The standard InChI is InChI=1S/C13H18BrFN2/c14-11-8-10(5-6-12(11)15)13(17-16)7-9-3-1-2-4-9/h5-6,8-9,13,17H,1-4,7,16H2. The second-order valence-electron chi connectivity index (χ2n) is 4.78. The highest BCUT2D eigenvalue weighted by molar-refractivity contribution is 9.10. The van der Waals surface area contributed by atoms with Crippen molar-refractivity contribution in [2.75, 3.05) is 0 Å². The molecule has 1 atom stereocenters. The maximum absolute atomic E-state index is 13.2. The van der Waals surface area contributed by atoms with E-state index in [2.05, 4.69) is 21.4 Å². The van der Waals surface area contributed by atoms with Gasteiger partial charge >= 0.3 is 0 Å².